The van der Waals surface area contributed by atoms with Gasteiger partial charge in [-0.05, 0) is 59.4 Å². The van der Waals surface area contributed by atoms with Gasteiger partial charge < -0.3 is 4.84 Å². The first-order valence-corrected chi connectivity index (χ1v) is 11.0. The molecule has 0 N–H and O–H groups in total. The Labute approximate surface area is 169 Å². The van der Waals surface area contributed by atoms with Gasteiger partial charge >= 0.3 is 0 Å². The number of sulfonamides is 1. The number of rotatable bonds is 5. The Morgan fingerprint density at radius 3 is 2.48 bits per heavy atom. The number of nitrogens with zero attached hydrogens (tertiary/aromatic N) is 4. The van der Waals surface area contributed by atoms with Crippen LogP contribution in [0.15, 0.2) is 47.4 Å². The molecule has 1 saturated heterocycles. The highest BCUT2D eigenvalue weighted by Crippen LogP contribution is 2.27. The molecule has 2 aromatic carbocycles. The van der Waals surface area contributed by atoms with E-state index in [4.69, 9.17) is 4.84 Å². The molecule has 9 heteroatoms. The smallest absolute Gasteiger partial charge is 0.243 e. The Bertz CT molecular complexity index is 1100. The van der Waals surface area contributed by atoms with Crippen LogP contribution in [0.25, 0.3) is 11.0 Å². The molecule has 0 saturated carbocycles. The molecule has 0 amide bonds. The van der Waals surface area contributed by atoms with Crippen LogP contribution in [0.5, 0.6) is 0 Å². The highest BCUT2D eigenvalue weighted by molar-refractivity contribution is 7.89. The van der Waals surface area contributed by atoms with Crippen molar-refractivity contribution < 1.29 is 17.6 Å². The van der Waals surface area contributed by atoms with Gasteiger partial charge in [0.2, 0.25) is 10.0 Å². The van der Waals surface area contributed by atoms with Gasteiger partial charge in [-0.1, -0.05) is 30.8 Å². The maximum absolute atomic E-state index is 13.2. The number of hydrogen-bond donors (Lipinski definition) is 0. The lowest BCUT2D eigenvalue weighted by Gasteiger charge is -2.34. The van der Waals surface area contributed by atoms with E-state index in [0.717, 1.165) is 12.0 Å². The van der Waals surface area contributed by atoms with Crippen molar-refractivity contribution in [2.75, 3.05) is 13.1 Å². The fraction of sp³-hybridized carbons (Fsp3) is 0.400. The van der Waals surface area contributed by atoms with E-state index in [2.05, 4.69) is 24.2 Å². The molecule has 0 radical (unpaired) electrons. The molecule has 1 fully saturated rings. The summed E-state index contributed by atoms with van der Waals surface area (Å²) in [5.41, 5.74) is 1.75. The van der Waals surface area contributed by atoms with Gasteiger partial charge in [0.25, 0.3) is 0 Å². The lowest BCUT2D eigenvalue weighted by molar-refractivity contribution is 0.0751. The van der Waals surface area contributed by atoms with Gasteiger partial charge in [0.05, 0.1) is 4.90 Å². The van der Waals surface area contributed by atoms with Gasteiger partial charge in [0.15, 0.2) is 0 Å². The van der Waals surface area contributed by atoms with Crippen molar-refractivity contribution in [3.63, 3.8) is 0 Å². The molecule has 0 aliphatic carbocycles. The SMILES string of the molecule is CC1CC(C)CN(S(=O)(=O)c2ccc3nnn(OCc4ccc(F)cc4)c3c2)C1. The van der Waals surface area contributed by atoms with Crippen LogP contribution >= 0.6 is 0 Å². The summed E-state index contributed by atoms with van der Waals surface area (Å²) in [6.45, 7) is 5.33. The third kappa shape index (κ3) is 4.11. The first kappa shape index (κ1) is 19.8. The van der Waals surface area contributed by atoms with Crippen LogP contribution in [-0.4, -0.2) is 41.0 Å². The third-order valence-electron chi connectivity index (χ3n) is 5.13. The molecule has 3 aromatic rings. The maximum atomic E-state index is 13.2. The molecular formula is C20H23FN4O3S. The van der Waals surface area contributed by atoms with Crippen molar-refractivity contribution in [1.29, 1.82) is 0 Å². The Morgan fingerprint density at radius 1 is 1.10 bits per heavy atom. The van der Waals surface area contributed by atoms with Crippen LogP contribution < -0.4 is 4.84 Å². The van der Waals surface area contributed by atoms with Crippen LogP contribution in [0.2, 0.25) is 0 Å². The monoisotopic (exact) mass is 418 g/mol. The molecule has 1 aromatic heterocycles. The first-order chi connectivity index (χ1) is 13.8. The summed E-state index contributed by atoms with van der Waals surface area (Å²) < 4.78 is 40.9. The summed E-state index contributed by atoms with van der Waals surface area (Å²) in [7, 11) is -3.62. The van der Waals surface area contributed by atoms with E-state index < -0.39 is 10.0 Å². The van der Waals surface area contributed by atoms with Gasteiger partial charge in [-0.2, -0.15) is 4.31 Å². The molecule has 0 spiro atoms. The van der Waals surface area contributed by atoms with Gasteiger partial charge in [-0.15, -0.1) is 5.10 Å². The predicted octanol–water partition coefficient (Wildman–Crippen LogP) is 2.87. The van der Waals surface area contributed by atoms with Gasteiger partial charge in [0.1, 0.15) is 23.5 Å². The second-order valence-electron chi connectivity index (χ2n) is 7.78. The predicted molar refractivity (Wildman–Crippen MR) is 106 cm³/mol. The fourth-order valence-corrected chi connectivity index (χ4v) is 5.50. The molecule has 2 unspecified atom stereocenters. The minimum absolute atomic E-state index is 0.150. The summed E-state index contributed by atoms with van der Waals surface area (Å²) in [5, 5.41) is 7.97. The molecule has 1 aliphatic heterocycles. The summed E-state index contributed by atoms with van der Waals surface area (Å²) in [6, 6.07) is 10.7. The molecular weight excluding hydrogens is 395 g/mol. The van der Waals surface area contributed by atoms with Gasteiger partial charge in [-0.25, -0.2) is 12.8 Å². The van der Waals surface area contributed by atoms with E-state index in [9.17, 15) is 12.8 Å². The van der Waals surface area contributed by atoms with E-state index in [1.54, 1.807) is 34.6 Å². The number of halogens is 1. The van der Waals surface area contributed by atoms with Crippen molar-refractivity contribution in [2.45, 2.75) is 31.8 Å². The number of fused-ring (bicyclic) bond motifs is 1. The Hall–Kier alpha value is -2.52. The quantitative estimate of drug-likeness (QED) is 0.637. The van der Waals surface area contributed by atoms with Crippen molar-refractivity contribution in [2.24, 2.45) is 11.8 Å². The molecule has 2 atom stereocenters. The van der Waals surface area contributed by atoms with E-state index >= 15 is 0 Å². The van der Waals surface area contributed by atoms with Crippen molar-refractivity contribution in [3.05, 3.63) is 53.8 Å². The third-order valence-corrected chi connectivity index (χ3v) is 6.95. The number of aromatic nitrogens is 3. The molecule has 1 aliphatic rings. The first-order valence-electron chi connectivity index (χ1n) is 9.56. The van der Waals surface area contributed by atoms with E-state index in [-0.39, 0.29) is 17.3 Å². The summed E-state index contributed by atoms with van der Waals surface area (Å²) in [6.07, 6.45) is 1.03. The van der Waals surface area contributed by atoms with Gasteiger partial charge in [0, 0.05) is 13.1 Å². The topological polar surface area (TPSA) is 77.3 Å². The normalized spacial score (nSPS) is 20.8. The number of piperidine rings is 1. The summed E-state index contributed by atoms with van der Waals surface area (Å²) >= 11 is 0. The lowest BCUT2D eigenvalue weighted by atomic mass is 9.94. The van der Waals surface area contributed by atoms with E-state index in [1.165, 1.54) is 17.0 Å². The highest BCUT2D eigenvalue weighted by Gasteiger charge is 2.32. The maximum Gasteiger partial charge on any atom is 0.243 e. The minimum atomic E-state index is -3.62. The van der Waals surface area contributed by atoms with Crippen LogP contribution in [-0.2, 0) is 16.6 Å². The highest BCUT2D eigenvalue weighted by atomic mass is 32.2. The molecule has 154 valence electrons. The zero-order valence-corrected chi connectivity index (χ0v) is 17.1. The molecule has 4 rings (SSSR count). The van der Waals surface area contributed by atoms with Crippen LogP contribution in [0, 0.1) is 17.7 Å². The zero-order valence-electron chi connectivity index (χ0n) is 16.3. The van der Waals surface area contributed by atoms with Crippen LogP contribution in [0.4, 0.5) is 4.39 Å². The molecule has 7 nitrogen and oxygen atoms in total. The second kappa shape index (κ2) is 7.72. The largest absolute Gasteiger partial charge is 0.390 e. The second-order valence-corrected chi connectivity index (χ2v) is 9.72. The summed E-state index contributed by atoms with van der Waals surface area (Å²) in [4.78, 5) is 7.05. The van der Waals surface area contributed by atoms with Crippen molar-refractivity contribution in [1.82, 2.24) is 19.5 Å². The molecule has 0 bridgehead atoms. The zero-order chi connectivity index (χ0) is 20.6. The van der Waals surface area contributed by atoms with E-state index in [0.29, 0.717) is 36.0 Å². The fourth-order valence-electron chi connectivity index (χ4n) is 3.80. The minimum Gasteiger partial charge on any atom is -0.390 e. The number of hydrogen-bond acceptors (Lipinski definition) is 5. The van der Waals surface area contributed by atoms with Crippen LogP contribution in [0.1, 0.15) is 25.8 Å². The molecule has 29 heavy (non-hydrogen) atoms. The lowest BCUT2D eigenvalue weighted by Crippen LogP contribution is -2.42. The average molecular weight is 418 g/mol. The molecule has 2 heterocycles. The average Bonchev–Trinajstić information content (AvgIpc) is 3.09. The van der Waals surface area contributed by atoms with E-state index in [1.807, 2.05) is 0 Å². The summed E-state index contributed by atoms with van der Waals surface area (Å²) in [5.74, 6) is 0.322. The Morgan fingerprint density at radius 2 is 1.79 bits per heavy atom. The Balaban J connectivity index is 1.60. The van der Waals surface area contributed by atoms with Crippen molar-refractivity contribution >= 4 is 21.1 Å². The standard InChI is InChI=1S/C20H23FN4O3S/c1-14-9-15(2)12-24(11-14)29(26,27)18-7-8-19-20(10-18)25(23-22-19)28-13-16-3-5-17(21)6-4-16/h3-8,10,14-15H,9,11-13H2,1-2H3. The van der Waals surface area contributed by atoms with Crippen LogP contribution in [0.3, 0.4) is 0 Å². The van der Waals surface area contributed by atoms with Gasteiger partial charge in [-0.3, -0.25) is 0 Å². The number of benzene rings is 2. The van der Waals surface area contributed by atoms with Crippen molar-refractivity contribution in [3.8, 4) is 0 Å². The Kier molecular flexibility index (Phi) is 5.26.